The number of hydrogen-bond acceptors (Lipinski definition) is 3. The molecule has 2 aromatic rings. The molecule has 5 heteroatoms. The molecular formula is C17H23N3O2. The molecule has 1 aromatic heterocycles. The third-order valence-corrected chi connectivity index (χ3v) is 3.88. The van der Waals surface area contributed by atoms with Gasteiger partial charge in [-0.15, -0.1) is 0 Å². The van der Waals surface area contributed by atoms with E-state index in [4.69, 9.17) is 0 Å². The highest BCUT2D eigenvalue weighted by Gasteiger charge is 2.11. The summed E-state index contributed by atoms with van der Waals surface area (Å²) in [6, 6.07) is 7.67. The summed E-state index contributed by atoms with van der Waals surface area (Å²) in [5.41, 5.74) is 4.07. The Kier molecular flexibility index (Phi) is 5.33. The quantitative estimate of drug-likeness (QED) is 0.855. The average molecular weight is 301 g/mol. The standard InChI is InChI=1S/C17H23N3O2/c1-12-5-4-6-14(9-12)16(21)11-18-17(22)8-7-15-10-19-20(3)13(15)2/h4-6,9-10,16,21H,7-8,11H2,1-3H3,(H,18,22). The lowest BCUT2D eigenvalue weighted by atomic mass is 10.1. The number of aryl methyl sites for hydroxylation is 3. The fourth-order valence-electron chi connectivity index (χ4n) is 2.33. The van der Waals surface area contributed by atoms with Crippen LogP contribution in [0.25, 0.3) is 0 Å². The van der Waals surface area contributed by atoms with Gasteiger partial charge in [0.2, 0.25) is 5.91 Å². The monoisotopic (exact) mass is 301 g/mol. The van der Waals surface area contributed by atoms with Crippen molar-refractivity contribution in [3.05, 3.63) is 52.8 Å². The molecule has 0 radical (unpaired) electrons. The second kappa shape index (κ2) is 7.22. The summed E-state index contributed by atoms with van der Waals surface area (Å²) in [5, 5.41) is 17.0. The molecule has 5 nitrogen and oxygen atoms in total. The topological polar surface area (TPSA) is 67.2 Å². The highest BCUT2D eigenvalue weighted by atomic mass is 16.3. The number of rotatable bonds is 6. The molecule has 1 heterocycles. The van der Waals surface area contributed by atoms with Gasteiger partial charge in [-0.2, -0.15) is 5.10 Å². The molecule has 22 heavy (non-hydrogen) atoms. The lowest BCUT2D eigenvalue weighted by Crippen LogP contribution is -2.28. The van der Waals surface area contributed by atoms with E-state index in [-0.39, 0.29) is 12.5 Å². The molecule has 2 rings (SSSR count). The highest BCUT2D eigenvalue weighted by Crippen LogP contribution is 2.13. The van der Waals surface area contributed by atoms with Crippen LogP contribution in [-0.4, -0.2) is 27.3 Å². The van der Waals surface area contributed by atoms with E-state index in [1.807, 2.05) is 45.2 Å². The van der Waals surface area contributed by atoms with Crippen molar-refractivity contribution in [2.24, 2.45) is 7.05 Å². The molecule has 0 spiro atoms. The highest BCUT2D eigenvalue weighted by molar-refractivity contribution is 5.76. The molecule has 1 amide bonds. The number of benzene rings is 1. The molecule has 1 unspecified atom stereocenters. The predicted molar refractivity (Wildman–Crippen MR) is 85.4 cm³/mol. The summed E-state index contributed by atoms with van der Waals surface area (Å²) < 4.78 is 1.80. The minimum absolute atomic E-state index is 0.0602. The first kappa shape index (κ1) is 16.2. The van der Waals surface area contributed by atoms with Gasteiger partial charge in [0.25, 0.3) is 0 Å². The van der Waals surface area contributed by atoms with E-state index in [1.165, 1.54) is 0 Å². The summed E-state index contributed by atoms with van der Waals surface area (Å²) in [4.78, 5) is 11.9. The molecule has 0 bridgehead atoms. The molecule has 118 valence electrons. The normalized spacial score (nSPS) is 12.2. The van der Waals surface area contributed by atoms with Crippen LogP contribution in [0, 0.1) is 13.8 Å². The minimum Gasteiger partial charge on any atom is -0.387 e. The summed E-state index contributed by atoms with van der Waals surface area (Å²) in [6.07, 6.45) is 2.17. The number of hydrogen-bond donors (Lipinski definition) is 2. The van der Waals surface area contributed by atoms with Gasteiger partial charge in [-0.05, 0) is 31.4 Å². The van der Waals surface area contributed by atoms with Crippen molar-refractivity contribution >= 4 is 5.91 Å². The molecule has 0 aliphatic rings. The maximum absolute atomic E-state index is 11.9. The van der Waals surface area contributed by atoms with E-state index < -0.39 is 6.10 Å². The fraction of sp³-hybridized carbons (Fsp3) is 0.412. The predicted octanol–water partition coefficient (Wildman–Crippen LogP) is 1.82. The first-order valence-electron chi connectivity index (χ1n) is 7.46. The van der Waals surface area contributed by atoms with E-state index in [1.54, 1.807) is 10.9 Å². The third-order valence-electron chi connectivity index (χ3n) is 3.88. The van der Waals surface area contributed by atoms with Crippen molar-refractivity contribution in [1.82, 2.24) is 15.1 Å². The SMILES string of the molecule is Cc1cccc(C(O)CNC(=O)CCc2cnn(C)c2C)c1. The lowest BCUT2D eigenvalue weighted by molar-refractivity contribution is -0.121. The van der Waals surface area contributed by atoms with E-state index in [0.29, 0.717) is 12.8 Å². The molecular weight excluding hydrogens is 278 g/mol. The number of aliphatic hydroxyl groups excluding tert-OH is 1. The Balaban J connectivity index is 1.79. The second-order valence-corrected chi connectivity index (χ2v) is 5.61. The van der Waals surface area contributed by atoms with Crippen LogP contribution in [0.4, 0.5) is 0 Å². The summed E-state index contributed by atoms with van der Waals surface area (Å²) >= 11 is 0. The second-order valence-electron chi connectivity index (χ2n) is 5.61. The van der Waals surface area contributed by atoms with Crippen LogP contribution in [0.1, 0.15) is 34.9 Å². The van der Waals surface area contributed by atoms with Crippen molar-refractivity contribution in [3.8, 4) is 0 Å². The number of nitrogens with one attached hydrogen (secondary N) is 1. The van der Waals surface area contributed by atoms with Gasteiger partial charge in [0.15, 0.2) is 0 Å². The Morgan fingerprint density at radius 3 is 2.82 bits per heavy atom. The minimum atomic E-state index is -0.677. The summed E-state index contributed by atoms with van der Waals surface area (Å²) in [7, 11) is 1.89. The Labute approximate surface area is 131 Å². The first-order valence-corrected chi connectivity index (χ1v) is 7.46. The van der Waals surface area contributed by atoms with Gasteiger partial charge >= 0.3 is 0 Å². The fourth-order valence-corrected chi connectivity index (χ4v) is 2.33. The van der Waals surface area contributed by atoms with Crippen molar-refractivity contribution in [3.63, 3.8) is 0 Å². The average Bonchev–Trinajstić information content (AvgIpc) is 2.82. The largest absolute Gasteiger partial charge is 0.387 e. The number of amides is 1. The summed E-state index contributed by atoms with van der Waals surface area (Å²) in [6.45, 7) is 4.20. The number of aliphatic hydroxyl groups is 1. The first-order chi connectivity index (χ1) is 10.5. The van der Waals surface area contributed by atoms with Crippen LogP contribution in [0.3, 0.4) is 0 Å². The maximum Gasteiger partial charge on any atom is 0.220 e. The van der Waals surface area contributed by atoms with Crippen LogP contribution in [0.15, 0.2) is 30.5 Å². The third kappa shape index (κ3) is 4.18. The number of nitrogens with zero attached hydrogens (tertiary/aromatic N) is 2. The van der Waals surface area contributed by atoms with Crippen LogP contribution in [0.5, 0.6) is 0 Å². The van der Waals surface area contributed by atoms with Crippen LogP contribution < -0.4 is 5.32 Å². The molecule has 2 N–H and O–H groups in total. The van der Waals surface area contributed by atoms with Gasteiger partial charge in [-0.1, -0.05) is 29.8 Å². The zero-order valence-corrected chi connectivity index (χ0v) is 13.3. The molecule has 0 aliphatic carbocycles. The number of carbonyl (C=O) groups excluding carboxylic acids is 1. The van der Waals surface area contributed by atoms with Crippen molar-refractivity contribution in [1.29, 1.82) is 0 Å². The zero-order chi connectivity index (χ0) is 16.1. The Bertz CT molecular complexity index is 649. The maximum atomic E-state index is 11.9. The number of aromatic nitrogens is 2. The smallest absolute Gasteiger partial charge is 0.220 e. The molecule has 0 fully saturated rings. The molecule has 0 saturated heterocycles. The van der Waals surface area contributed by atoms with E-state index in [9.17, 15) is 9.90 Å². The summed E-state index contributed by atoms with van der Waals surface area (Å²) in [5.74, 6) is -0.0602. The van der Waals surface area contributed by atoms with Gasteiger partial charge in [0.05, 0.1) is 12.3 Å². The molecule has 1 aromatic carbocycles. The van der Waals surface area contributed by atoms with Crippen LogP contribution in [0.2, 0.25) is 0 Å². The number of carbonyl (C=O) groups is 1. The van der Waals surface area contributed by atoms with E-state index in [0.717, 1.165) is 22.4 Å². The van der Waals surface area contributed by atoms with Gasteiger partial charge in [0, 0.05) is 25.7 Å². The Morgan fingerprint density at radius 2 is 2.18 bits per heavy atom. The van der Waals surface area contributed by atoms with Gasteiger partial charge in [-0.3, -0.25) is 9.48 Å². The van der Waals surface area contributed by atoms with Crippen molar-refractivity contribution in [2.75, 3.05) is 6.54 Å². The van der Waals surface area contributed by atoms with Crippen LogP contribution in [-0.2, 0) is 18.3 Å². The molecule has 1 atom stereocenters. The zero-order valence-electron chi connectivity index (χ0n) is 13.3. The van der Waals surface area contributed by atoms with Gasteiger partial charge in [0.1, 0.15) is 0 Å². The Hall–Kier alpha value is -2.14. The van der Waals surface area contributed by atoms with E-state index >= 15 is 0 Å². The van der Waals surface area contributed by atoms with Gasteiger partial charge < -0.3 is 10.4 Å². The molecule has 0 saturated carbocycles. The van der Waals surface area contributed by atoms with E-state index in [2.05, 4.69) is 10.4 Å². The molecule has 0 aliphatic heterocycles. The van der Waals surface area contributed by atoms with Crippen LogP contribution >= 0.6 is 0 Å². The van der Waals surface area contributed by atoms with Gasteiger partial charge in [-0.25, -0.2) is 0 Å². The van der Waals surface area contributed by atoms with Crippen molar-refractivity contribution in [2.45, 2.75) is 32.8 Å². The Morgan fingerprint density at radius 1 is 1.41 bits per heavy atom. The lowest BCUT2D eigenvalue weighted by Gasteiger charge is -2.13. The van der Waals surface area contributed by atoms with Crippen molar-refractivity contribution < 1.29 is 9.90 Å².